The first-order valence-electron chi connectivity index (χ1n) is 16.6. The number of benzene rings is 1. The minimum Gasteiger partial charge on any atom is -0.391 e. The van der Waals surface area contributed by atoms with Crippen LogP contribution in [0.4, 0.5) is 5.82 Å². The molecule has 7 rings (SSSR count). The van der Waals surface area contributed by atoms with E-state index in [-0.39, 0.29) is 23.5 Å². The Bertz CT molecular complexity index is 1570. The predicted molar refractivity (Wildman–Crippen MR) is 173 cm³/mol. The lowest BCUT2D eigenvalue weighted by Crippen LogP contribution is -2.49. The van der Waals surface area contributed by atoms with Crippen LogP contribution < -0.4 is 5.73 Å². The molecule has 3 saturated carbocycles. The highest BCUT2D eigenvalue weighted by atomic mass is 16.3. The van der Waals surface area contributed by atoms with Gasteiger partial charge in [0.15, 0.2) is 0 Å². The van der Waals surface area contributed by atoms with Gasteiger partial charge in [-0.15, -0.1) is 0 Å². The Morgan fingerprint density at radius 2 is 1.88 bits per heavy atom. The molecular formula is C35H49N7O. The molecule has 0 aliphatic heterocycles. The molecule has 3 aliphatic rings. The maximum absolute atomic E-state index is 11.4. The van der Waals surface area contributed by atoms with Crippen molar-refractivity contribution in [3.05, 3.63) is 48.2 Å². The Labute approximate surface area is 255 Å². The van der Waals surface area contributed by atoms with Crippen LogP contribution in [0.15, 0.2) is 36.8 Å². The molecule has 3 heterocycles. The molecule has 43 heavy (non-hydrogen) atoms. The van der Waals surface area contributed by atoms with Crippen molar-refractivity contribution in [2.75, 3.05) is 18.8 Å². The fraction of sp³-hybridized carbons (Fsp3) is 0.629. The number of fused-ring (bicyclic) bond motifs is 2. The SMILES string of the molecule is C[C@@H]1[C@@H](CN(CC2CCC2)[C@H]2C[C@H](CCc3nc4cc(C(C)(C)C)ccc4[nH]3)C2)C[C@@H](n2ccc3c(N)ncnc32)[C@@H]1O. The molecule has 0 bridgehead atoms. The summed E-state index contributed by atoms with van der Waals surface area (Å²) < 4.78 is 2.15. The number of hydrogen-bond acceptors (Lipinski definition) is 6. The normalized spacial score (nSPS) is 28.1. The Morgan fingerprint density at radius 3 is 2.63 bits per heavy atom. The molecule has 0 radical (unpaired) electrons. The number of rotatable bonds is 9. The molecule has 3 fully saturated rings. The summed E-state index contributed by atoms with van der Waals surface area (Å²) in [5.74, 6) is 3.95. The van der Waals surface area contributed by atoms with Crippen LogP contribution in [-0.2, 0) is 11.8 Å². The van der Waals surface area contributed by atoms with E-state index in [0.29, 0.717) is 17.8 Å². The molecule has 8 nitrogen and oxygen atoms in total. The van der Waals surface area contributed by atoms with Crippen LogP contribution in [0, 0.1) is 23.7 Å². The highest BCUT2D eigenvalue weighted by molar-refractivity contribution is 5.86. The Hall–Kier alpha value is -2.97. The maximum atomic E-state index is 11.4. The largest absolute Gasteiger partial charge is 0.391 e. The van der Waals surface area contributed by atoms with E-state index in [1.54, 1.807) is 0 Å². The number of aryl methyl sites for hydroxylation is 1. The Balaban J connectivity index is 0.980. The van der Waals surface area contributed by atoms with Crippen LogP contribution in [0.5, 0.6) is 0 Å². The summed E-state index contributed by atoms with van der Waals surface area (Å²) in [6, 6.07) is 9.35. The fourth-order valence-corrected chi connectivity index (χ4v) is 7.97. The van der Waals surface area contributed by atoms with Gasteiger partial charge in [0, 0.05) is 31.7 Å². The number of anilines is 1. The number of aliphatic hydroxyl groups is 1. The zero-order valence-corrected chi connectivity index (χ0v) is 26.3. The van der Waals surface area contributed by atoms with Gasteiger partial charge in [-0.05, 0) is 91.4 Å². The van der Waals surface area contributed by atoms with Crippen molar-refractivity contribution in [3.63, 3.8) is 0 Å². The van der Waals surface area contributed by atoms with Gasteiger partial charge in [-0.25, -0.2) is 15.0 Å². The van der Waals surface area contributed by atoms with Crippen LogP contribution in [-0.4, -0.2) is 59.7 Å². The second-order valence-corrected chi connectivity index (χ2v) is 15.1. The first kappa shape index (κ1) is 28.8. The van der Waals surface area contributed by atoms with Gasteiger partial charge in [0.1, 0.15) is 23.6 Å². The van der Waals surface area contributed by atoms with Gasteiger partial charge in [-0.2, -0.15) is 0 Å². The number of nitrogens with one attached hydrogen (secondary N) is 1. The minimum atomic E-state index is -0.389. The van der Waals surface area contributed by atoms with Crippen molar-refractivity contribution in [2.45, 2.75) is 103 Å². The van der Waals surface area contributed by atoms with Gasteiger partial charge in [-0.3, -0.25) is 4.90 Å². The second-order valence-electron chi connectivity index (χ2n) is 15.1. The van der Waals surface area contributed by atoms with Crippen molar-refractivity contribution in [2.24, 2.45) is 23.7 Å². The lowest BCUT2D eigenvalue weighted by Gasteiger charge is -2.46. The topological polar surface area (TPSA) is 109 Å². The molecule has 1 aromatic carbocycles. The lowest BCUT2D eigenvalue weighted by molar-refractivity contribution is 0.0262. The smallest absolute Gasteiger partial charge is 0.145 e. The summed E-state index contributed by atoms with van der Waals surface area (Å²) in [7, 11) is 0. The summed E-state index contributed by atoms with van der Waals surface area (Å²) in [4.78, 5) is 20.0. The number of imidazole rings is 1. The number of aromatic amines is 1. The molecule has 3 aromatic heterocycles. The minimum absolute atomic E-state index is 0.0229. The molecule has 230 valence electrons. The molecule has 8 heteroatoms. The third kappa shape index (κ3) is 5.57. The number of hydrogen-bond donors (Lipinski definition) is 3. The number of H-pyrrole nitrogens is 1. The Kier molecular flexibility index (Phi) is 7.49. The quantitative estimate of drug-likeness (QED) is 0.215. The predicted octanol–water partition coefficient (Wildman–Crippen LogP) is 6.26. The highest BCUT2D eigenvalue weighted by Gasteiger charge is 2.44. The monoisotopic (exact) mass is 583 g/mol. The summed E-state index contributed by atoms with van der Waals surface area (Å²) in [5.41, 5.74) is 10.6. The van der Waals surface area contributed by atoms with Crippen LogP contribution in [0.25, 0.3) is 22.1 Å². The summed E-state index contributed by atoms with van der Waals surface area (Å²) in [5, 5.41) is 12.3. The third-order valence-electron chi connectivity index (χ3n) is 11.2. The van der Waals surface area contributed by atoms with Crippen molar-refractivity contribution in [1.29, 1.82) is 0 Å². The molecule has 4 N–H and O–H groups in total. The maximum Gasteiger partial charge on any atom is 0.145 e. The van der Waals surface area contributed by atoms with Gasteiger partial charge in [-0.1, -0.05) is 40.2 Å². The second kappa shape index (κ2) is 11.2. The molecule has 0 amide bonds. The van der Waals surface area contributed by atoms with Crippen molar-refractivity contribution < 1.29 is 5.11 Å². The van der Waals surface area contributed by atoms with Crippen molar-refractivity contribution in [3.8, 4) is 0 Å². The third-order valence-corrected chi connectivity index (χ3v) is 11.2. The van der Waals surface area contributed by atoms with E-state index < -0.39 is 0 Å². The van der Waals surface area contributed by atoms with E-state index in [1.807, 2.05) is 12.3 Å². The van der Waals surface area contributed by atoms with Crippen molar-refractivity contribution >= 4 is 27.9 Å². The van der Waals surface area contributed by atoms with Crippen LogP contribution in [0.1, 0.15) is 90.1 Å². The van der Waals surface area contributed by atoms with Crippen LogP contribution >= 0.6 is 0 Å². The summed E-state index contributed by atoms with van der Waals surface area (Å²) >= 11 is 0. The first-order valence-corrected chi connectivity index (χ1v) is 16.6. The van der Waals surface area contributed by atoms with E-state index in [1.165, 1.54) is 57.0 Å². The first-order chi connectivity index (χ1) is 20.6. The Morgan fingerprint density at radius 1 is 1.07 bits per heavy atom. The molecule has 0 spiro atoms. The average Bonchev–Trinajstić information content (AvgIpc) is 3.61. The zero-order valence-electron chi connectivity index (χ0n) is 26.3. The molecular weight excluding hydrogens is 534 g/mol. The summed E-state index contributed by atoms with van der Waals surface area (Å²) in [6.07, 6.45) is 13.1. The van der Waals surface area contributed by atoms with Crippen LogP contribution in [0.2, 0.25) is 0 Å². The molecule has 0 unspecified atom stereocenters. The van der Waals surface area contributed by atoms with Gasteiger partial charge in [0.25, 0.3) is 0 Å². The molecule has 0 saturated heterocycles. The zero-order chi connectivity index (χ0) is 29.9. The number of nitrogens with zero attached hydrogens (tertiary/aromatic N) is 5. The lowest BCUT2D eigenvalue weighted by atomic mass is 9.75. The van der Waals surface area contributed by atoms with Gasteiger partial charge < -0.3 is 20.4 Å². The number of nitrogen functional groups attached to an aromatic ring is 1. The van der Waals surface area contributed by atoms with E-state index >= 15 is 0 Å². The van der Waals surface area contributed by atoms with E-state index in [4.69, 9.17) is 10.7 Å². The standard InChI is InChI=1S/C35H49N7O/c1-21-24(16-30(32(21)43)42-13-12-27-33(36)37-20-38-34(27)42)19-41(18-22-6-5-7-22)26-14-23(15-26)8-11-31-39-28-10-9-25(35(2,3)4)17-29(28)40-31/h9-10,12-13,17,20-24,26,30,32,43H,5-8,11,14-16,18-19H2,1-4H3,(H,39,40)(H2,36,37,38)/t21-,23-,24-,26-,30-,32-/m1/s1. The van der Waals surface area contributed by atoms with E-state index in [9.17, 15) is 5.11 Å². The van der Waals surface area contributed by atoms with E-state index in [0.717, 1.165) is 59.1 Å². The molecule has 3 aliphatic carbocycles. The fourth-order valence-electron chi connectivity index (χ4n) is 7.97. The van der Waals surface area contributed by atoms with Gasteiger partial charge in [0.2, 0.25) is 0 Å². The number of nitrogens with two attached hydrogens (primary N) is 1. The number of aliphatic hydroxyl groups excluding tert-OH is 1. The average molecular weight is 584 g/mol. The van der Waals surface area contributed by atoms with Crippen LogP contribution in [0.3, 0.4) is 0 Å². The van der Waals surface area contributed by atoms with Crippen molar-refractivity contribution in [1.82, 2.24) is 29.4 Å². The number of aromatic nitrogens is 5. The van der Waals surface area contributed by atoms with E-state index in [2.05, 4.69) is 70.3 Å². The molecule has 4 aromatic rings. The van der Waals surface area contributed by atoms with Gasteiger partial charge >= 0.3 is 0 Å². The molecule has 4 atom stereocenters. The van der Waals surface area contributed by atoms with Gasteiger partial charge in [0.05, 0.1) is 28.6 Å². The summed E-state index contributed by atoms with van der Waals surface area (Å²) in [6.45, 7) is 11.3. The highest BCUT2D eigenvalue weighted by Crippen LogP contribution is 2.44.